The van der Waals surface area contributed by atoms with E-state index in [2.05, 4.69) is 63.7 Å². The van der Waals surface area contributed by atoms with Gasteiger partial charge >= 0.3 is 0 Å². The SMILES string of the molecule is O=C(Nc1cccc(-c2cccnc2)c1)C1=CN(Cc2ccccc2)C[C@@H]1Cc1ccccc1. The molecule has 0 bridgehead atoms. The van der Waals surface area contributed by atoms with Gasteiger partial charge in [-0.1, -0.05) is 78.9 Å². The lowest BCUT2D eigenvalue weighted by molar-refractivity contribution is -0.113. The molecule has 1 N–H and O–H groups in total. The van der Waals surface area contributed by atoms with E-state index >= 15 is 0 Å². The van der Waals surface area contributed by atoms with E-state index in [9.17, 15) is 4.79 Å². The van der Waals surface area contributed by atoms with Crippen molar-refractivity contribution in [3.8, 4) is 11.1 Å². The number of anilines is 1. The van der Waals surface area contributed by atoms with E-state index in [-0.39, 0.29) is 11.8 Å². The maximum Gasteiger partial charge on any atom is 0.253 e. The van der Waals surface area contributed by atoms with Crippen LogP contribution in [0, 0.1) is 5.92 Å². The predicted molar refractivity (Wildman–Crippen MR) is 137 cm³/mol. The minimum atomic E-state index is -0.0418. The van der Waals surface area contributed by atoms with Gasteiger partial charge in [-0.05, 0) is 41.3 Å². The van der Waals surface area contributed by atoms with E-state index in [0.717, 1.165) is 41.9 Å². The van der Waals surface area contributed by atoms with Crippen molar-refractivity contribution in [3.05, 3.63) is 132 Å². The van der Waals surface area contributed by atoms with Crippen LogP contribution in [0.2, 0.25) is 0 Å². The number of benzene rings is 3. The molecule has 0 fully saturated rings. The molecule has 0 radical (unpaired) electrons. The number of amides is 1. The minimum Gasteiger partial charge on any atom is -0.372 e. The summed E-state index contributed by atoms with van der Waals surface area (Å²) in [6.07, 6.45) is 6.47. The summed E-state index contributed by atoms with van der Waals surface area (Å²) in [5.74, 6) is 0.0902. The van der Waals surface area contributed by atoms with Crippen LogP contribution in [0.4, 0.5) is 5.69 Å². The monoisotopic (exact) mass is 445 g/mol. The summed E-state index contributed by atoms with van der Waals surface area (Å²) in [5, 5.41) is 3.14. The molecule has 4 heteroatoms. The third-order valence-corrected chi connectivity index (χ3v) is 6.15. The van der Waals surface area contributed by atoms with E-state index in [4.69, 9.17) is 0 Å². The maximum atomic E-state index is 13.4. The molecule has 0 saturated heterocycles. The average Bonchev–Trinajstić information content (AvgIpc) is 3.28. The van der Waals surface area contributed by atoms with E-state index < -0.39 is 0 Å². The highest BCUT2D eigenvalue weighted by molar-refractivity contribution is 6.04. The Morgan fingerprint density at radius 3 is 2.32 bits per heavy atom. The van der Waals surface area contributed by atoms with Gasteiger partial charge in [0.1, 0.15) is 0 Å². The first kappa shape index (κ1) is 21.7. The number of hydrogen-bond acceptors (Lipinski definition) is 3. The Bertz CT molecular complexity index is 1270. The van der Waals surface area contributed by atoms with Gasteiger partial charge in [0.05, 0.1) is 0 Å². The van der Waals surface area contributed by atoms with Crippen molar-refractivity contribution < 1.29 is 4.79 Å². The van der Waals surface area contributed by atoms with Gasteiger partial charge in [0.15, 0.2) is 0 Å². The highest BCUT2D eigenvalue weighted by atomic mass is 16.1. The lowest BCUT2D eigenvalue weighted by Gasteiger charge is -2.19. The minimum absolute atomic E-state index is 0.0418. The van der Waals surface area contributed by atoms with Crippen LogP contribution < -0.4 is 5.32 Å². The van der Waals surface area contributed by atoms with E-state index in [1.165, 1.54) is 11.1 Å². The van der Waals surface area contributed by atoms with Crippen LogP contribution >= 0.6 is 0 Å². The van der Waals surface area contributed by atoms with Gasteiger partial charge in [0.2, 0.25) is 0 Å². The number of carbonyl (C=O) groups is 1. The van der Waals surface area contributed by atoms with Crippen LogP contribution in [-0.2, 0) is 17.8 Å². The van der Waals surface area contributed by atoms with Gasteiger partial charge in [-0.15, -0.1) is 0 Å². The van der Waals surface area contributed by atoms with Gasteiger partial charge in [-0.25, -0.2) is 0 Å². The van der Waals surface area contributed by atoms with E-state index in [0.29, 0.717) is 0 Å². The molecule has 0 saturated carbocycles. The first-order chi connectivity index (χ1) is 16.7. The Morgan fingerprint density at radius 1 is 0.853 bits per heavy atom. The van der Waals surface area contributed by atoms with Gasteiger partial charge in [0.25, 0.3) is 5.91 Å². The molecule has 3 aromatic carbocycles. The van der Waals surface area contributed by atoms with E-state index in [1.807, 2.05) is 60.9 Å². The third kappa shape index (κ3) is 5.24. The molecule has 4 nitrogen and oxygen atoms in total. The molecule has 0 unspecified atom stereocenters. The van der Waals surface area contributed by atoms with Gasteiger partial charge in [-0.2, -0.15) is 0 Å². The van der Waals surface area contributed by atoms with Crippen LogP contribution in [-0.4, -0.2) is 22.3 Å². The van der Waals surface area contributed by atoms with Gasteiger partial charge in [-0.3, -0.25) is 9.78 Å². The summed E-state index contributed by atoms with van der Waals surface area (Å²) in [6.45, 7) is 1.61. The molecule has 168 valence electrons. The molecule has 1 atom stereocenters. The fourth-order valence-corrected chi connectivity index (χ4v) is 4.49. The molecular formula is C30H27N3O. The van der Waals surface area contributed by atoms with Gasteiger partial charge < -0.3 is 10.2 Å². The van der Waals surface area contributed by atoms with Crippen LogP contribution in [0.1, 0.15) is 11.1 Å². The maximum absolute atomic E-state index is 13.4. The molecule has 1 aliphatic rings. The van der Waals surface area contributed by atoms with Crippen molar-refractivity contribution in [2.45, 2.75) is 13.0 Å². The number of aromatic nitrogens is 1. The van der Waals surface area contributed by atoms with Crippen molar-refractivity contribution in [1.29, 1.82) is 0 Å². The molecule has 0 spiro atoms. The Labute approximate surface area is 200 Å². The zero-order valence-corrected chi connectivity index (χ0v) is 19.0. The fourth-order valence-electron chi connectivity index (χ4n) is 4.49. The smallest absolute Gasteiger partial charge is 0.253 e. The summed E-state index contributed by atoms with van der Waals surface area (Å²) in [6, 6.07) is 32.6. The second-order valence-electron chi connectivity index (χ2n) is 8.66. The zero-order valence-electron chi connectivity index (χ0n) is 19.0. The standard InChI is InChI=1S/C30H27N3O/c34-30(32-28-15-7-13-25(18-28)26-14-8-16-31-19-26)29-22-33(20-24-11-5-2-6-12-24)21-27(29)17-23-9-3-1-4-10-23/h1-16,18-19,22,27H,17,20-21H2,(H,32,34)/t27-/m0/s1. The summed E-state index contributed by atoms with van der Waals surface area (Å²) in [7, 11) is 0. The van der Waals surface area contributed by atoms with Crippen molar-refractivity contribution >= 4 is 11.6 Å². The third-order valence-electron chi connectivity index (χ3n) is 6.15. The molecule has 5 rings (SSSR count). The normalized spacial score (nSPS) is 15.1. The van der Waals surface area contributed by atoms with Crippen molar-refractivity contribution in [2.24, 2.45) is 5.92 Å². The number of nitrogens with zero attached hydrogens (tertiary/aromatic N) is 2. The average molecular weight is 446 g/mol. The lowest BCUT2D eigenvalue weighted by atomic mass is 9.93. The Kier molecular flexibility index (Phi) is 6.48. The van der Waals surface area contributed by atoms with Gasteiger partial charge in [0, 0.05) is 54.4 Å². The molecule has 1 amide bonds. The topological polar surface area (TPSA) is 45.2 Å². The predicted octanol–water partition coefficient (Wildman–Crippen LogP) is 5.95. The zero-order chi connectivity index (χ0) is 23.2. The van der Waals surface area contributed by atoms with Crippen molar-refractivity contribution in [2.75, 3.05) is 11.9 Å². The first-order valence-electron chi connectivity index (χ1n) is 11.6. The Morgan fingerprint density at radius 2 is 1.59 bits per heavy atom. The second-order valence-corrected chi connectivity index (χ2v) is 8.66. The summed E-state index contributed by atoms with van der Waals surface area (Å²) >= 11 is 0. The van der Waals surface area contributed by atoms with Crippen LogP contribution in [0.3, 0.4) is 0 Å². The summed E-state index contributed by atoms with van der Waals surface area (Å²) in [5.41, 5.74) is 6.14. The number of rotatable bonds is 7. The van der Waals surface area contributed by atoms with Crippen LogP contribution in [0.5, 0.6) is 0 Å². The Balaban J connectivity index is 1.36. The highest BCUT2D eigenvalue weighted by Crippen LogP contribution is 2.29. The Hall–Kier alpha value is -4.18. The molecule has 0 aliphatic carbocycles. The van der Waals surface area contributed by atoms with E-state index in [1.54, 1.807) is 6.20 Å². The molecular weight excluding hydrogens is 418 g/mol. The quantitative estimate of drug-likeness (QED) is 0.383. The number of hydrogen-bond donors (Lipinski definition) is 1. The molecule has 4 aromatic rings. The lowest BCUT2D eigenvalue weighted by Crippen LogP contribution is -2.23. The van der Waals surface area contributed by atoms with Crippen LogP contribution in [0.25, 0.3) is 11.1 Å². The molecule has 2 heterocycles. The number of carbonyl (C=O) groups excluding carboxylic acids is 1. The molecule has 1 aliphatic heterocycles. The molecule has 34 heavy (non-hydrogen) atoms. The van der Waals surface area contributed by atoms with Crippen molar-refractivity contribution in [3.63, 3.8) is 0 Å². The second kappa shape index (κ2) is 10.2. The number of pyridine rings is 1. The summed E-state index contributed by atoms with van der Waals surface area (Å²) in [4.78, 5) is 19.9. The molecule has 1 aromatic heterocycles. The highest BCUT2D eigenvalue weighted by Gasteiger charge is 2.29. The largest absolute Gasteiger partial charge is 0.372 e. The van der Waals surface area contributed by atoms with Crippen LogP contribution in [0.15, 0.2) is 121 Å². The number of nitrogens with one attached hydrogen (secondary N) is 1. The summed E-state index contributed by atoms with van der Waals surface area (Å²) < 4.78 is 0. The van der Waals surface area contributed by atoms with Crippen molar-refractivity contribution in [1.82, 2.24) is 9.88 Å². The first-order valence-corrected chi connectivity index (χ1v) is 11.6. The fraction of sp³-hybridized carbons (Fsp3) is 0.133.